The molecule has 3 atom stereocenters. The maximum Gasteiger partial charge on any atom is 0.347 e. The van der Waals surface area contributed by atoms with Crippen LogP contribution in [0.4, 0.5) is 0 Å². The monoisotopic (exact) mass is 774 g/mol. The Morgan fingerprint density at radius 3 is 1.65 bits per heavy atom. The molecule has 9 rings (SSSR count). The van der Waals surface area contributed by atoms with Gasteiger partial charge in [0.25, 0.3) is 0 Å². The molecule has 3 unspecified atom stereocenters. The average Bonchev–Trinajstić information content (AvgIpc) is 3.51. The Balaban J connectivity index is 0.000000162. The maximum atomic E-state index is 12.4. The minimum Gasteiger partial charge on any atom is -0.463 e. The summed E-state index contributed by atoms with van der Waals surface area (Å²) in [6.45, 7) is 17.1. The average molecular weight is 775 g/mol. The van der Waals surface area contributed by atoms with Crippen molar-refractivity contribution >= 4 is 29.8 Å². The van der Waals surface area contributed by atoms with E-state index in [1.165, 1.54) is 38.5 Å². The van der Waals surface area contributed by atoms with Gasteiger partial charge in [-0.15, -0.1) is 0 Å². The summed E-state index contributed by atoms with van der Waals surface area (Å²) >= 11 is 0. The summed E-state index contributed by atoms with van der Waals surface area (Å²) in [6.07, 6.45) is 13.9. The van der Waals surface area contributed by atoms with Gasteiger partial charge in [0.2, 0.25) is 6.10 Å². The van der Waals surface area contributed by atoms with Crippen molar-refractivity contribution in [3.8, 4) is 0 Å². The van der Waals surface area contributed by atoms with Crippen LogP contribution >= 0.6 is 0 Å². The number of ether oxygens (including phenoxy) is 5. The van der Waals surface area contributed by atoms with Crippen molar-refractivity contribution < 1.29 is 52.8 Å². The second-order valence-corrected chi connectivity index (χ2v) is 20.3. The topological polar surface area (TPSA) is 152 Å². The quantitative estimate of drug-likeness (QED) is 0.163. The molecule has 8 aliphatic carbocycles. The Morgan fingerprint density at radius 1 is 0.691 bits per heavy atom. The van der Waals surface area contributed by atoms with Gasteiger partial charge in [-0.25, -0.2) is 9.59 Å². The first-order valence-electron chi connectivity index (χ1n) is 21.3. The van der Waals surface area contributed by atoms with Crippen molar-refractivity contribution in [2.24, 2.45) is 51.8 Å². The second kappa shape index (κ2) is 16.7. The van der Waals surface area contributed by atoms with Crippen LogP contribution in [-0.2, 0) is 47.7 Å². The SMILES string of the molecule is CCC(C)(C)C(=O)OC12CC3CC(CC(O)(C3)C1)C2.CCC(C)(C)C(=O)OC1CCOC1=O.CCC(C)(C)C(=O)OCC(=O)OC1C2CC3CC(C2)CC1C3. The van der Waals surface area contributed by atoms with Crippen molar-refractivity contribution in [1.29, 1.82) is 0 Å². The van der Waals surface area contributed by atoms with Gasteiger partial charge in [-0.2, -0.15) is 0 Å². The van der Waals surface area contributed by atoms with Gasteiger partial charge >= 0.3 is 29.8 Å². The Hall–Kier alpha value is -2.69. The summed E-state index contributed by atoms with van der Waals surface area (Å²) in [6, 6.07) is 0. The number of aliphatic hydroxyl groups is 1. The lowest BCUT2D eigenvalue weighted by atomic mass is 9.52. The first-order chi connectivity index (χ1) is 25.6. The third-order valence-corrected chi connectivity index (χ3v) is 14.5. The molecular weight excluding hydrogens is 704 g/mol. The number of hydrogen-bond donors (Lipinski definition) is 1. The van der Waals surface area contributed by atoms with E-state index < -0.39 is 33.9 Å². The van der Waals surface area contributed by atoms with Gasteiger partial charge in [0, 0.05) is 12.8 Å². The van der Waals surface area contributed by atoms with E-state index in [1.807, 2.05) is 48.5 Å². The Morgan fingerprint density at radius 2 is 1.18 bits per heavy atom. The number of hydrogen-bond acceptors (Lipinski definition) is 11. The molecule has 11 nitrogen and oxygen atoms in total. The number of esters is 5. The molecule has 1 saturated heterocycles. The minimum atomic E-state index is -0.687. The highest BCUT2D eigenvalue weighted by molar-refractivity contribution is 5.83. The fourth-order valence-corrected chi connectivity index (χ4v) is 10.5. The zero-order valence-corrected chi connectivity index (χ0v) is 35.2. The van der Waals surface area contributed by atoms with Crippen LogP contribution in [0.3, 0.4) is 0 Å². The molecule has 9 fully saturated rings. The molecule has 8 bridgehead atoms. The number of cyclic esters (lactones) is 1. The molecule has 0 aromatic carbocycles. The van der Waals surface area contributed by atoms with E-state index in [0.29, 0.717) is 56.0 Å². The molecule has 0 aromatic heterocycles. The first-order valence-corrected chi connectivity index (χ1v) is 21.3. The first kappa shape index (κ1) is 43.4. The molecule has 1 heterocycles. The van der Waals surface area contributed by atoms with E-state index in [-0.39, 0.29) is 42.2 Å². The molecule has 11 heteroatoms. The molecule has 9 aliphatic rings. The largest absolute Gasteiger partial charge is 0.463 e. The zero-order valence-electron chi connectivity index (χ0n) is 35.2. The van der Waals surface area contributed by atoms with Gasteiger partial charge in [-0.3, -0.25) is 14.4 Å². The lowest BCUT2D eigenvalue weighted by molar-refractivity contribution is -0.225. The van der Waals surface area contributed by atoms with E-state index in [4.69, 9.17) is 23.7 Å². The summed E-state index contributed by atoms with van der Waals surface area (Å²) in [5, 5.41) is 10.6. The summed E-state index contributed by atoms with van der Waals surface area (Å²) < 4.78 is 26.6. The van der Waals surface area contributed by atoms with E-state index in [0.717, 1.165) is 43.9 Å². The van der Waals surface area contributed by atoms with Crippen LogP contribution in [0.1, 0.15) is 159 Å². The molecule has 1 N–H and O–H groups in total. The van der Waals surface area contributed by atoms with Crippen LogP contribution in [0.5, 0.6) is 0 Å². The Labute approximate surface area is 329 Å². The van der Waals surface area contributed by atoms with E-state index >= 15 is 0 Å². The van der Waals surface area contributed by atoms with Crippen molar-refractivity contribution in [2.45, 2.75) is 182 Å². The van der Waals surface area contributed by atoms with Gasteiger partial charge in [0.15, 0.2) is 6.61 Å². The van der Waals surface area contributed by atoms with E-state index in [9.17, 15) is 29.1 Å². The van der Waals surface area contributed by atoms with Gasteiger partial charge in [0.1, 0.15) is 11.7 Å². The summed E-state index contributed by atoms with van der Waals surface area (Å²) in [4.78, 5) is 58.9. The Kier molecular flexibility index (Phi) is 13.2. The van der Waals surface area contributed by atoms with Crippen LogP contribution in [0.25, 0.3) is 0 Å². The number of carbonyl (C=O) groups is 5. The predicted octanol–water partition coefficient (Wildman–Crippen LogP) is 7.66. The van der Waals surface area contributed by atoms with Crippen LogP contribution < -0.4 is 0 Å². The molecule has 0 aromatic rings. The molecule has 8 saturated carbocycles. The molecule has 0 spiro atoms. The number of rotatable bonds is 11. The van der Waals surface area contributed by atoms with E-state index in [1.54, 1.807) is 13.8 Å². The van der Waals surface area contributed by atoms with Crippen molar-refractivity contribution in [2.75, 3.05) is 13.2 Å². The maximum absolute atomic E-state index is 12.4. The summed E-state index contributed by atoms with van der Waals surface area (Å²) in [7, 11) is 0. The lowest BCUT2D eigenvalue weighted by Gasteiger charge is -2.59. The van der Waals surface area contributed by atoms with Gasteiger partial charge in [-0.1, -0.05) is 20.8 Å². The molecule has 55 heavy (non-hydrogen) atoms. The van der Waals surface area contributed by atoms with Crippen LogP contribution in [-0.4, -0.2) is 71.6 Å². The van der Waals surface area contributed by atoms with Crippen molar-refractivity contribution in [1.82, 2.24) is 0 Å². The molecule has 1 aliphatic heterocycles. The van der Waals surface area contributed by atoms with Gasteiger partial charge in [0.05, 0.1) is 28.5 Å². The Bertz CT molecular complexity index is 1390. The highest BCUT2D eigenvalue weighted by Crippen LogP contribution is 2.59. The van der Waals surface area contributed by atoms with Gasteiger partial charge in [-0.05, 0) is 161 Å². The summed E-state index contributed by atoms with van der Waals surface area (Å²) in [5.74, 6) is 2.39. The fraction of sp³-hybridized carbons (Fsp3) is 0.886. The van der Waals surface area contributed by atoms with Crippen LogP contribution in [0, 0.1) is 51.8 Å². The zero-order chi connectivity index (χ0) is 40.6. The van der Waals surface area contributed by atoms with Crippen LogP contribution in [0.15, 0.2) is 0 Å². The highest BCUT2D eigenvalue weighted by atomic mass is 16.6. The van der Waals surface area contributed by atoms with Crippen molar-refractivity contribution in [3.05, 3.63) is 0 Å². The van der Waals surface area contributed by atoms with Crippen molar-refractivity contribution in [3.63, 3.8) is 0 Å². The fourth-order valence-electron chi connectivity index (χ4n) is 10.5. The third-order valence-electron chi connectivity index (χ3n) is 14.5. The minimum absolute atomic E-state index is 0.0678. The molecule has 0 radical (unpaired) electrons. The molecule has 312 valence electrons. The van der Waals surface area contributed by atoms with Crippen LogP contribution in [0.2, 0.25) is 0 Å². The van der Waals surface area contributed by atoms with E-state index in [2.05, 4.69) is 0 Å². The number of carbonyl (C=O) groups excluding carboxylic acids is 5. The van der Waals surface area contributed by atoms with Gasteiger partial charge < -0.3 is 28.8 Å². The normalized spacial score (nSPS) is 35.4. The highest BCUT2D eigenvalue weighted by Gasteiger charge is 2.59. The molecular formula is C44H70O11. The predicted molar refractivity (Wildman–Crippen MR) is 204 cm³/mol. The standard InChI is InChI=1S/C18H28O4.C16H26O3.C10H16O4/c1-4-18(2,3)17(20)21-10-15(19)22-16-13-6-11-5-12(8-13)9-14(16)7-11;1-4-14(2,3)13(17)19-16-8-11-5-12(9-16)7-15(18,6-11)10-16;1-4-10(2,3)9(12)14-7-5-6-13-8(7)11/h11-14,16H,4-10H2,1-3H3;11-12,18H,4-10H2,1-3H3;7H,4-6H2,1-3H3. The third kappa shape index (κ3) is 10.3. The smallest absolute Gasteiger partial charge is 0.347 e. The molecule has 0 amide bonds. The lowest BCUT2D eigenvalue weighted by Crippen LogP contribution is -2.61. The second-order valence-electron chi connectivity index (χ2n) is 20.3. The summed E-state index contributed by atoms with van der Waals surface area (Å²) in [5.41, 5.74) is -2.39.